The molecule has 9 heteroatoms. The average Bonchev–Trinajstić information content (AvgIpc) is 3.04. The van der Waals surface area contributed by atoms with Crippen molar-refractivity contribution in [2.24, 2.45) is 0 Å². The molecule has 6 nitrogen and oxygen atoms in total. The number of piperidine rings is 1. The van der Waals surface area contributed by atoms with E-state index in [0.717, 1.165) is 18.7 Å². The molecule has 0 radical (unpaired) electrons. The minimum Gasteiger partial charge on any atom is -0.368 e. The van der Waals surface area contributed by atoms with Gasteiger partial charge in [-0.1, -0.05) is 41.1 Å². The number of benzene rings is 1. The first-order valence-corrected chi connectivity index (χ1v) is 8.50. The fourth-order valence-corrected chi connectivity index (χ4v) is 3.64. The fraction of sp³-hybridized carbons (Fsp3) is 0.400. The van der Waals surface area contributed by atoms with Gasteiger partial charge < -0.3 is 10.1 Å². The molecule has 1 aromatic carbocycles. The van der Waals surface area contributed by atoms with Crippen LogP contribution in [0.15, 0.2) is 24.3 Å². The van der Waals surface area contributed by atoms with Crippen LogP contribution in [0, 0.1) is 0 Å². The van der Waals surface area contributed by atoms with E-state index >= 15 is 0 Å². The highest BCUT2D eigenvalue weighted by atomic mass is 35.5. The lowest BCUT2D eigenvalue weighted by Gasteiger charge is -2.34. The van der Waals surface area contributed by atoms with Crippen molar-refractivity contribution in [3.8, 4) is 10.6 Å². The molecule has 2 aromatic rings. The maximum atomic E-state index is 12.6. The molecule has 2 heterocycles. The van der Waals surface area contributed by atoms with E-state index < -0.39 is 5.60 Å². The molecular formula is C15H18Cl2N4O2S. The highest BCUT2D eigenvalue weighted by Gasteiger charge is 2.40. The number of rotatable bonds is 4. The minimum absolute atomic E-state index is 0. The van der Waals surface area contributed by atoms with Crippen LogP contribution >= 0.6 is 35.3 Å². The van der Waals surface area contributed by atoms with Gasteiger partial charge in [-0.15, -0.1) is 22.6 Å². The van der Waals surface area contributed by atoms with Crippen LogP contribution in [0.25, 0.3) is 10.6 Å². The number of anilines is 1. The summed E-state index contributed by atoms with van der Waals surface area (Å²) in [4.78, 5) is 12.6. The summed E-state index contributed by atoms with van der Waals surface area (Å²) in [6.07, 6.45) is 1.26. The molecule has 0 atom stereocenters. The number of hydrogen-bond acceptors (Lipinski definition) is 6. The summed E-state index contributed by atoms with van der Waals surface area (Å²) < 4.78 is 5.51. The Kier molecular flexibility index (Phi) is 6.54. The Morgan fingerprint density at radius 3 is 2.71 bits per heavy atom. The molecule has 1 fully saturated rings. The van der Waals surface area contributed by atoms with Crippen molar-refractivity contribution in [1.82, 2.24) is 15.5 Å². The van der Waals surface area contributed by atoms with Gasteiger partial charge in [0, 0.05) is 12.7 Å². The van der Waals surface area contributed by atoms with Crippen LogP contribution in [0.4, 0.5) is 5.13 Å². The molecule has 1 aromatic heterocycles. The Balaban J connectivity index is 0.00000208. The van der Waals surface area contributed by atoms with Crippen molar-refractivity contribution in [3.63, 3.8) is 0 Å². The average molecular weight is 389 g/mol. The quantitative estimate of drug-likeness (QED) is 0.841. The molecule has 0 spiro atoms. The molecule has 0 aliphatic carbocycles. The number of aromatic nitrogens is 2. The van der Waals surface area contributed by atoms with E-state index in [2.05, 4.69) is 20.8 Å². The Labute approximate surface area is 155 Å². The molecule has 0 bridgehead atoms. The van der Waals surface area contributed by atoms with Crippen LogP contribution in [0.2, 0.25) is 5.02 Å². The van der Waals surface area contributed by atoms with Gasteiger partial charge in [0.05, 0.1) is 5.02 Å². The van der Waals surface area contributed by atoms with Gasteiger partial charge >= 0.3 is 0 Å². The standard InChI is InChI=1S/C15H17ClN4O2S.ClH/c1-22-15(6-8-17-9-7-15)13(21)18-14-20-19-12(23-14)10-4-2-3-5-11(10)16;/h2-5,17H,6-9H2,1H3,(H,18,20,21);1H. The van der Waals surface area contributed by atoms with Gasteiger partial charge in [0.25, 0.3) is 5.91 Å². The third-order valence-corrected chi connectivity index (χ3v) is 5.17. The van der Waals surface area contributed by atoms with Crippen molar-refractivity contribution in [1.29, 1.82) is 0 Å². The number of amides is 1. The third kappa shape index (κ3) is 3.87. The number of hydrogen-bond donors (Lipinski definition) is 2. The lowest BCUT2D eigenvalue weighted by Crippen LogP contribution is -2.51. The predicted molar refractivity (Wildman–Crippen MR) is 98.1 cm³/mol. The van der Waals surface area contributed by atoms with Gasteiger partial charge in [0.15, 0.2) is 5.01 Å². The molecule has 130 valence electrons. The van der Waals surface area contributed by atoms with E-state index in [1.807, 2.05) is 18.2 Å². The van der Waals surface area contributed by atoms with E-state index in [1.165, 1.54) is 11.3 Å². The minimum atomic E-state index is -0.804. The molecule has 3 rings (SSSR count). The number of carbonyl (C=O) groups is 1. The van der Waals surface area contributed by atoms with E-state index in [-0.39, 0.29) is 18.3 Å². The second kappa shape index (κ2) is 8.22. The second-order valence-electron chi connectivity index (χ2n) is 5.29. The second-order valence-corrected chi connectivity index (χ2v) is 6.68. The number of nitrogens with one attached hydrogen (secondary N) is 2. The normalized spacial score (nSPS) is 16.2. The predicted octanol–water partition coefficient (Wildman–Crippen LogP) is 2.99. The zero-order valence-corrected chi connectivity index (χ0v) is 15.4. The van der Waals surface area contributed by atoms with Crippen LogP contribution in [0.5, 0.6) is 0 Å². The third-order valence-electron chi connectivity index (χ3n) is 3.97. The molecule has 0 saturated carbocycles. The maximum absolute atomic E-state index is 12.6. The Morgan fingerprint density at radius 1 is 1.33 bits per heavy atom. The highest BCUT2D eigenvalue weighted by molar-refractivity contribution is 7.18. The van der Waals surface area contributed by atoms with E-state index in [1.54, 1.807) is 13.2 Å². The van der Waals surface area contributed by atoms with E-state index in [4.69, 9.17) is 16.3 Å². The molecule has 1 amide bonds. The Morgan fingerprint density at radius 2 is 2.04 bits per heavy atom. The van der Waals surface area contributed by atoms with Crippen molar-refractivity contribution >= 4 is 46.4 Å². The molecule has 1 saturated heterocycles. The number of halogens is 2. The summed E-state index contributed by atoms with van der Waals surface area (Å²) in [7, 11) is 1.57. The molecule has 1 aliphatic rings. The van der Waals surface area contributed by atoms with Crippen molar-refractivity contribution < 1.29 is 9.53 Å². The monoisotopic (exact) mass is 388 g/mol. The molecular weight excluding hydrogens is 371 g/mol. The smallest absolute Gasteiger partial charge is 0.258 e. The number of carbonyl (C=O) groups excluding carboxylic acids is 1. The van der Waals surface area contributed by atoms with Crippen molar-refractivity contribution in [2.75, 3.05) is 25.5 Å². The number of ether oxygens (including phenoxy) is 1. The summed E-state index contributed by atoms with van der Waals surface area (Å²) in [5.74, 6) is -0.177. The Bertz CT molecular complexity index is 704. The van der Waals surface area contributed by atoms with Crippen LogP contribution in [0.3, 0.4) is 0 Å². The van der Waals surface area contributed by atoms with Gasteiger partial charge in [-0.3, -0.25) is 10.1 Å². The topological polar surface area (TPSA) is 76.1 Å². The van der Waals surface area contributed by atoms with Crippen LogP contribution < -0.4 is 10.6 Å². The Hall–Kier alpha value is -1.25. The zero-order valence-electron chi connectivity index (χ0n) is 13.0. The van der Waals surface area contributed by atoms with Gasteiger partial charge in [0.1, 0.15) is 5.60 Å². The van der Waals surface area contributed by atoms with Crippen LogP contribution in [0.1, 0.15) is 12.8 Å². The van der Waals surface area contributed by atoms with Crippen LogP contribution in [-0.2, 0) is 9.53 Å². The van der Waals surface area contributed by atoms with E-state index in [0.29, 0.717) is 28.0 Å². The highest BCUT2D eigenvalue weighted by Crippen LogP contribution is 2.32. The molecule has 24 heavy (non-hydrogen) atoms. The molecule has 2 N–H and O–H groups in total. The van der Waals surface area contributed by atoms with E-state index in [9.17, 15) is 4.79 Å². The molecule has 1 aliphatic heterocycles. The maximum Gasteiger partial charge on any atom is 0.258 e. The van der Waals surface area contributed by atoms with Gasteiger partial charge in [-0.25, -0.2) is 0 Å². The largest absolute Gasteiger partial charge is 0.368 e. The van der Waals surface area contributed by atoms with Crippen molar-refractivity contribution in [2.45, 2.75) is 18.4 Å². The molecule has 0 unspecified atom stereocenters. The number of methoxy groups -OCH3 is 1. The SMILES string of the molecule is COC1(C(=O)Nc2nnc(-c3ccccc3Cl)s2)CCNCC1.Cl. The van der Waals surface area contributed by atoms with Gasteiger partial charge in [-0.05, 0) is 32.0 Å². The first kappa shape index (κ1) is 19.1. The fourth-order valence-electron chi connectivity index (χ4n) is 2.58. The van der Waals surface area contributed by atoms with Crippen LogP contribution in [-0.4, -0.2) is 41.9 Å². The van der Waals surface area contributed by atoms with Crippen molar-refractivity contribution in [3.05, 3.63) is 29.3 Å². The summed E-state index contributed by atoms with van der Waals surface area (Å²) in [6.45, 7) is 1.50. The van der Waals surface area contributed by atoms with Gasteiger partial charge in [-0.2, -0.15) is 0 Å². The summed E-state index contributed by atoms with van der Waals surface area (Å²) in [5, 5.41) is 15.9. The number of nitrogens with zero attached hydrogens (tertiary/aromatic N) is 2. The summed E-state index contributed by atoms with van der Waals surface area (Å²) in [6, 6.07) is 7.41. The zero-order chi connectivity index (χ0) is 16.3. The lowest BCUT2D eigenvalue weighted by molar-refractivity contribution is -0.140. The summed E-state index contributed by atoms with van der Waals surface area (Å²) >= 11 is 7.46. The van der Waals surface area contributed by atoms with Gasteiger partial charge in [0.2, 0.25) is 5.13 Å². The summed E-state index contributed by atoms with van der Waals surface area (Å²) in [5.41, 5.74) is -0.00272. The first-order valence-electron chi connectivity index (χ1n) is 7.30. The first-order chi connectivity index (χ1) is 11.1. The lowest BCUT2D eigenvalue weighted by atomic mass is 9.91.